The van der Waals surface area contributed by atoms with Gasteiger partial charge < -0.3 is 25.4 Å². The minimum absolute atomic E-state index is 0. The molecule has 0 aliphatic heterocycles. The number of halogens is 2. The summed E-state index contributed by atoms with van der Waals surface area (Å²) in [5, 5.41) is 9.06. The minimum Gasteiger partial charge on any atom is -0.493 e. The van der Waals surface area contributed by atoms with E-state index in [1.165, 1.54) is 12.1 Å². The van der Waals surface area contributed by atoms with E-state index in [1.54, 1.807) is 19.2 Å². The predicted octanol–water partition coefficient (Wildman–Crippen LogP) is 3.65. The van der Waals surface area contributed by atoms with Crippen LogP contribution in [0, 0.1) is 12.7 Å². The highest BCUT2D eigenvalue weighted by Crippen LogP contribution is 2.21. The SMILES string of the molecule is CCNC(=NCc1ccc(C)cc1OCCCOC)NCCNC(=O)c1ccccc1F.I. The van der Waals surface area contributed by atoms with Gasteiger partial charge >= 0.3 is 0 Å². The van der Waals surface area contributed by atoms with Crippen molar-refractivity contribution in [2.24, 2.45) is 4.99 Å². The Morgan fingerprint density at radius 1 is 1.06 bits per heavy atom. The van der Waals surface area contributed by atoms with Crippen molar-refractivity contribution in [3.05, 3.63) is 65.0 Å². The van der Waals surface area contributed by atoms with Crippen LogP contribution in [0.4, 0.5) is 4.39 Å². The molecule has 0 bridgehead atoms. The quantitative estimate of drug-likeness (QED) is 0.157. The Kier molecular flexibility index (Phi) is 14.1. The number of nitrogens with zero attached hydrogens (tertiary/aromatic N) is 1. The molecule has 3 N–H and O–H groups in total. The Labute approximate surface area is 212 Å². The number of guanidine groups is 1. The first kappa shape index (κ1) is 28.6. The molecular weight excluding hydrogens is 538 g/mol. The van der Waals surface area contributed by atoms with Crippen molar-refractivity contribution < 1.29 is 18.7 Å². The maximum atomic E-state index is 13.7. The smallest absolute Gasteiger partial charge is 0.254 e. The Balaban J connectivity index is 0.00000544. The van der Waals surface area contributed by atoms with Crippen molar-refractivity contribution in [2.75, 3.05) is 40.0 Å². The summed E-state index contributed by atoms with van der Waals surface area (Å²) in [6, 6.07) is 12.0. The van der Waals surface area contributed by atoms with Crippen molar-refractivity contribution in [1.29, 1.82) is 0 Å². The highest BCUT2D eigenvalue weighted by atomic mass is 127. The van der Waals surface area contributed by atoms with E-state index in [1.807, 2.05) is 32.0 Å². The van der Waals surface area contributed by atoms with E-state index < -0.39 is 11.7 Å². The van der Waals surface area contributed by atoms with Gasteiger partial charge in [0.25, 0.3) is 5.91 Å². The second-order valence-corrected chi connectivity index (χ2v) is 7.16. The molecule has 0 radical (unpaired) electrons. The number of hydrogen-bond donors (Lipinski definition) is 3. The van der Waals surface area contributed by atoms with Crippen molar-refractivity contribution in [2.45, 2.75) is 26.8 Å². The minimum atomic E-state index is -0.536. The highest BCUT2D eigenvalue weighted by Gasteiger charge is 2.10. The summed E-state index contributed by atoms with van der Waals surface area (Å²) in [6.45, 7) is 7.15. The molecule has 0 atom stereocenters. The van der Waals surface area contributed by atoms with Gasteiger partial charge in [-0.15, -0.1) is 24.0 Å². The molecule has 0 aliphatic carbocycles. The topological polar surface area (TPSA) is 84.0 Å². The van der Waals surface area contributed by atoms with E-state index in [-0.39, 0.29) is 29.5 Å². The zero-order chi connectivity index (χ0) is 23.2. The number of aliphatic imine (C=N–C) groups is 1. The summed E-state index contributed by atoms with van der Waals surface area (Å²) in [5.41, 5.74) is 2.14. The molecule has 182 valence electrons. The van der Waals surface area contributed by atoms with Gasteiger partial charge in [-0.25, -0.2) is 9.38 Å². The molecule has 0 heterocycles. The van der Waals surface area contributed by atoms with E-state index in [2.05, 4.69) is 20.9 Å². The van der Waals surface area contributed by atoms with Gasteiger partial charge in [-0.1, -0.05) is 24.3 Å². The number of methoxy groups -OCH3 is 1. The average Bonchev–Trinajstić information content (AvgIpc) is 2.79. The lowest BCUT2D eigenvalue weighted by Gasteiger charge is -2.14. The second kappa shape index (κ2) is 16.2. The van der Waals surface area contributed by atoms with Crippen molar-refractivity contribution in [3.8, 4) is 5.75 Å². The van der Waals surface area contributed by atoms with E-state index in [4.69, 9.17) is 9.47 Å². The fourth-order valence-electron chi connectivity index (χ4n) is 2.92. The second-order valence-electron chi connectivity index (χ2n) is 7.16. The lowest BCUT2D eigenvalue weighted by Crippen LogP contribution is -2.41. The zero-order valence-electron chi connectivity index (χ0n) is 19.4. The molecule has 0 spiro atoms. The van der Waals surface area contributed by atoms with Gasteiger partial charge in [0, 0.05) is 45.3 Å². The molecule has 0 saturated heterocycles. The average molecular weight is 572 g/mol. The van der Waals surface area contributed by atoms with E-state index in [0.29, 0.717) is 45.4 Å². The van der Waals surface area contributed by atoms with Gasteiger partial charge in [-0.3, -0.25) is 4.79 Å². The molecule has 1 amide bonds. The van der Waals surface area contributed by atoms with Crippen LogP contribution in [0.25, 0.3) is 0 Å². The van der Waals surface area contributed by atoms with Gasteiger partial charge in [-0.2, -0.15) is 0 Å². The summed E-state index contributed by atoms with van der Waals surface area (Å²) in [5.74, 6) is 0.462. The molecular formula is C24H34FIN4O3. The number of carbonyl (C=O) groups is 1. The van der Waals surface area contributed by atoms with E-state index >= 15 is 0 Å². The standard InChI is InChI=1S/C24H33FN4O3.HI/c1-4-26-24(28-13-12-27-23(30)20-8-5-6-9-21(20)25)29-17-19-11-10-18(2)16-22(19)32-15-7-14-31-3;/h5-6,8-11,16H,4,7,12-15,17H2,1-3H3,(H,27,30)(H2,26,28,29);1H. The molecule has 0 unspecified atom stereocenters. The monoisotopic (exact) mass is 572 g/mol. The first-order chi connectivity index (χ1) is 15.5. The zero-order valence-corrected chi connectivity index (χ0v) is 21.8. The van der Waals surface area contributed by atoms with Crippen LogP contribution >= 0.6 is 24.0 Å². The molecule has 2 aromatic carbocycles. The third kappa shape index (κ3) is 10.4. The number of rotatable bonds is 12. The van der Waals surface area contributed by atoms with Gasteiger partial charge in [0.1, 0.15) is 11.6 Å². The third-order valence-corrected chi connectivity index (χ3v) is 4.55. The number of carbonyl (C=O) groups excluding carboxylic acids is 1. The number of nitrogens with one attached hydrogen (secondary N) is 3. The molecule has 0 saturated carbocycles. The lowest BCUT2D eigenvalue weighted by molar-refractivity contribution is 0.0950. The molecule has 33 heavy (non-hydrogen) atoms. The summed E-state index contributed by atoms with van der Waals surface area (Å²) in [4.78, 5) is 16.7. The fourth-order valence-corrected chi connectivity index (χ4v) is 2.92. The van der Waals surface area contributed by atoms with E-state index in [9.17, 15) is 9.18 Å². The Hall–Kier alpha value is -2.40. The molecule has 9 heteroatoms. The first-order valence-electron chi connectivity index (χ1n) is 10.8. The first-order valence-corrected chi connectivity index (χ1v) is 10.8. The molecule has 2 aromatic rings. The molecule has 2 rings (SSSR count). The highest BCUT2D eigenvalue weighted by molar-refractivity contribution is 14.0. The van der Waals surface area contributed by atoms with Crippen molar-refractivity contribution >= 4 is 35.8 Å². The number of hydrogen-bond acceptors (Lipinski definition) is 4. The van der Waals surface area contributed by atoms with Crippen LogP contribution in [0.15, 0.2) is 47.5 Å². The Bertz CT molecular complexity index is 896. The van der Waals surface area contributed by atoms with Crippen LogP contribution in [-0.4, -0.2) is 51.8 Å². The van der Waals surface area contributed by atoms with Crippen LogP contribution < -0.4 is 20.7 Å². The Morgan fingerprint density at radius 2 is 1.82 bits per heavy atom. The van der Waals surface area contributed by atoms with Crippen LogP contribution in [0.2, 0.25) is 0 Å². The predicted molar refractivity (Wildman–Crippen MR) is 140 cm³/mol. The van der Waals surface area contributed by atoms with E-state index in [0.717, 1.165) is 23.3 Å². The van der Waals surface area contributed by atoms with Gasteiger partial charge in [0.2, 0.25) is 0 Å². The van der Waals surface area contributed by atoms with Crippen molar-refractivity contribution in [1.82, 2.24) is 16.0 Å². The summed E-state index contributed by atoms with van der Waals surface area (Å²) in [7, 11) is 1.67. The van der Waals surface area contributed by atoms with Gasteiger partial charge in [-0.05, 0) is 37.6 Å². The molecule has 0 aliphatic rings. The molecule has 7 nitrogen and oxygen atoms in total. The van der Waals surface area contributed by atoms with Crippen LogP contribution in [-0.2, 0) is 11.3 Å². The molecule has 0 aromatic heterocycles. The normalized spacial score (nSPS) is 10.8. The summed E-state index contributed by atoms with van der Waals surface area (Å²) < 4.78 is 24.7. The van der Waals surface area contributed by atoms with Gasteiger partial charge in [0.05, 0.1) is 18.7 Å². The third-order valence-electron chi connectivity index (χ3n) is 4.55. The number of ether oxygens (including phenoxy) is 2. The Morgan fingerprint density at radius 3 is 2.55 bits per heavy atom. The summed E-state index contributed by atoms with van der Waals surface area (Å²) in [6.07, 6.45) is 0.815. The largest absolute Gasteiger partial charge is 0.493 e. The molecule has 0 fully saturated rings. The van der Waals surface area contributed by atoms with Crippen molar-refractivity contribution in [3.63, 3.8) is 0 Å². The van der Waals surface area contributed by atoms with Crippen LogP contribution in [0.3, 0.4) is 0 Å². The maximum Gasteiger partial charge on any atom is 0.254 e. The van der Waals surface area contributed by atoms with Gasteiger partial charge in [0.15, 0.2) is 5.96 Å². The van der Waals surface area contributed by atoms with Crippen LogP contribution in [0.5, 0.6) is 5.75 Å². The summed E-state index contributed by atoms with van der Waals surface area (Å²) >= 11 is 0. The van der Waals surface area contributed by atoms with Crippen LogP contribution in [0.1, 0.15) is 34.8 Å². The number of aryl methyl sites for hydroxylation is 1. The maximum absolute atomic E-state index is 13.7. The lowest BCUT2D eigenvalue weighted by atomic mass is 10.1. The number of benzene rings is 2. The fraction of sp³-hybridized carbons (Fsp3) is 0.417. The number of amides is 1.